The van der Waals surface area contributed by atoms with E-state index in [9.17, 15) is 21.6 Å². The van der Waals surface area contributed by atoms with Crippen LogP contribution in [-0.2, 0) is 19.9 Å². The summed E-state index contributed by atoms with van der Waals surface area (Å²) in [5, 5.41) is 2.65. The van der Waals surface area contributed by atoms with Gasteiger partial charge in [0.05, 0.1) is 38.7 Å². The molecule has 0 saturated carbocycles. The molecule has 2 N–H and O–H groups in total. The lowest BCUT2D eigenvalue weighted by atomic mass is 10.1. The Morgan fingerprint density at radius 2 is 1.32 bits per heavy atom. The van der Waals surface area contributed by atoms with Crippen LogP contribution in [0, 0.1) is 6.92 Å². The molecule has 0 saturated heterocycles. The van der Waals surface area contributed by atoms with Crippen molar-refractivity contribution in [3.05, 3.63) is 108 Å². The first kappa shape index (κ1) is 25.9. The lowest BCUT2D eigenvalue weighted by Gasteiger charge is -2.17. The second-order valence-electron chi connectivity index (χ2n) is 8.07. The molecule has 0 heterocycles. The van der Waals surface area contributed by atoms with Gasteiger partial charge in [-0.15, -0.1) is 0 Å². The molecule has 4 aromatic carbocycles. The van der Waals surface area contributed by atoms with E-state index >= 15 is 0 Å². The summed E-state index contributed by atoms with van der Waals surface area (Å²) in [7, 11) is -6.92. The SMILES string of the molecule is COc1ccccc1NC(=O)c1c(NS(=O)(=O)c2ccccc2)cccc1S(=O)(=O)c1ccc(C)cc1. The molecule has 0 spiro atoms. The summed E-state index contributed by atoms with van der Waals surface area (Å²) >= 11 is 0. The minimum absolute atomic E-state index is 0.0347. The van der Waals surface area contributed by atoms with Gasteiger partial charge in [-0.2, -0.15) is 0 Å². The van der Waals surface area contributed by atoms with Crippen molar-refractivity contribution < 1.29 is 26.4 Å². The fraction of sp³-hybridized carbons (Fsp3) is 0.0741. The Bertz CT molecular complexity index is 1650. The average molecular weight is 537 g/mol. The van der Waals surface area contributed by atoms with Gasteiger partial charge in [0.1, 0.15) is 5.75 Å². The minimum Gasteiger partial charge on any atom is -0.495 e. The fourth-order valence-electron chi connectivity index (χ4n) is 3.65. The predicted octanol–water partition coefficient (Wildman–Crippen LogP) is 4.89. The first-order valence-corrected chi connectivity index (χ1v) is 14.1. The van der Waals surface area contributed by atoms with Crippen molar-refractivity contribution in [1.29, 1.82) is 0 Å². The molecule has 4 rings (SSSR count). The fourth-order valence-corrected chi connectivity index (χ4v) is 6.23. The van der Waals surface area contributed by atoms with Gasteiger partial charge >= 0.3 is 0 Å². The molecule has 8 nitrogen and oxygen atoms in total. The molecule has 0 bridgehead atoms. The average Bonchev–Trinajstić information content (AvgIpc) is 2.89. The zero-order valence-electron chi connectivity index (χ0n) is 20.0. The number of nitrogens with one attached hydrogen (secondary N) is 2. The second kappa shape index (κ2) is 10.5. The van der Waals surface area contributed by atoms with Crippen LogP contribution in [0.2, 0.25) is 0 Å². The predicted molar refractivity (Wildman–Crippen MR) is 141 cm³/mol. The van der Waals surface area contributed by atoms with Gasteiger partial charge in [0, 0.05) is 0 Å². The third-order valence-corrected chi connectivity index (χ3v) is 8.72. The van der Waals surface area contributed by atoms with Gasteiger partial charge in [-0.1, -0.05) is 54.1 Å². The Hall–Kier alpha value is -4.15. The van der Waals surface area contributed by atoms with Crippen molar-refractivity contribution in [2.45, 2.75) is 21.6 Å². The van der Waals surface area contributed by atoms with Crippen molar-refractivity contribution in [1.82, 2.24) is 0 Å². The third-order valence-electron chi connectivity index (χ3n) is 5.53. The van der Waals surface area contributed by atoms with Crippen LogP contribution >= 0.6 is 0 Å². The number of para-hydroxylation sites is 2. The Balaban J connectivity index is 1.88. The van der Waals surface area contributed by atoms with E-state index in [-0.39, 0.29) is 31.6 Å². The van der Waals surface area contributed by atoms with Crippen LogP contribution in [-0.4, -0.2) is 29.9 Å². The van der Waals surface area contributed by atoms with Gasteiger partial charge in [0.2, 0.25) is 9.84 Å². The summed E-state index contributed by atoms with van der Waals surface area (Å²) < 4.78 is 61.2. The second-order valence-corrected chi connectivity index (χ2v) is 11.7. The van der Waals surface area contributed by atoms with Crippen molar-refractivity contribution in [2.24, 2.45) is 0 Å². The summed E-state index contributed by atoms with van der Waals surface area (Å²) in [4.78, 5) is 13.2. The van der Waals surface area contributed by atoms with Crippen LogP contribution in [0.1, 0.15) is 15.9 Å². The lowest BCUT2D eigenvalue weighted by molar-refractivity contribution is 0.102. The lowest BCUT2D eigenvalue weighted by Crippen LogP contribution is -2.22. The van der Waals surface area contributed by atoms with E-state index in [0.717, 1.165) is 5.56 Å². The van der Waals surface area contributed by atoms with E-state index in [1.54, 1.807) is 54.6 Å². The Kier molecular flexibility index (Phi) is 7.33. The largest absolute Gasteiger partial charge is 0.495 e. The zero-order chi connectivity index (χ0) is 26.6. The number of hydrogen-bond donors (Lipinski definition) is 2. The maximum atomic E-state index is 13.7. The van der Waals surface area contributed by atoms with E-state index in [1.165, 1.54) is 49.6 Å². The Morgan fingerprint density at radius 3 is 2.00 bits per heavy atom. The molecule has 0 unspecified atom stereocenters. The van der Waals surface area contributed by atoms with Crippen LogP contribution < -0.4 is 14.8 Å². The topological polar surface area (TPSA) is 119 Å². The number of amides is 1. The minimum atomic E-state index is -4.21. The third kappa shape index (κ3) is 5.50. The smallest absolute Gasteiger partial charge is 0.261 e. The molecule has 0 aliphatic carbocycles. The van der Waals surface area contributed by atoms with Crippen LogP contribution in [0.3, 0.4) is 0 Å². The number of methoxy groups -OCH3 is 1. The molecule has 0 aliphatic heterocycles. The van der Waals surface area contributed by atoms with E-state index in [4.69, 9.17) is 4.74 Å². The first-order valence-electron chi connectivity index (χ1n) is 11.1. The maximum absolute atomic E-state index is 13.7. The molecule has 0 fully saturated rings. The molecule has 10 heteroatoms. The van der Waals surface area contributed by atoms with Crippen molar-refractivity contribution in [2.75, 3.05) is 17.1 Å². The number of hydrogen-bond acceptors (Lipinski definition) is 6. The van der Waals surface area contributed by atoms with Gasteiger partial charge in [0.15, 0.2) is 0 Å². The summed E-state index contributed by atoms with van der Waals surface area (Å²) in [6, 6.07) is 24.3. The van der Waals surface area contributed by atoms with E-state index in [0.29, 0.717) is 5.75 Å². The summed E-state index contributed by atoms with van der Waals surface area (Å²) in [6.07, 6.45) is 0. The van der Waals surface area contributed by atoms with Crippen LogP contribution in [0.5, 0.6) is 5.75 Å². The summed E-state index contributed by atoms with van der Waals surface area (Å²) in [6.45, 7) is 1.82. The highest BCUT2D eigenvalue weighted by Crippen LogP contribution is 2.32. The molecule has 0 radical (unpaired) electrons. The Morgan fingerprint density at radius 1 is 0.703 bits per heavy atom. The van der Waals surface area contributed by atoms with Crippen LogP contribution in [0.25, 0.3) is 0 Å². The standard InChI is InChI=1S/C27H24N2O6S2/c1-19-15-17-20(18-16-19)36(31,32)25-14-8-12-23(29-37(33,34)21-9-4-3-5-10-21)26(25)27(30)28-22-11-6-7-13-24(22)35-2/h3-18,29H,1-2H3,(H,28,30). The van der Waals surface area contributed by atoms with Gasteiger partial charge in [-0.3, -0.25) is 9.52 Å². The van der Waals surface area contributed by atoms with E-state index in [2.05, 4.69) is 10.0 Å². The van der Waals surface area contributed by atoms with Crippen molar-refractivity contribution >= 4 is 37.1 Å². The van der Waals surface area contributed by atoms with E-state index in [1.807, 2.05) is 6.92 Å². The first-order chi connectivity index (χ1) is 17.6. The molecule has 190 valence electrons. The number of sulfone groups is 1. The highest BCUT2D eigenvalue weighted by atomic mass is 32.2. The number of rotatable bonds is 8. The number of ether oxygens (including phenoxy) is 1. The number of sulfonamides is 1. The van der Waals surface area contributed by atoms with Gasteiger partial charge in [-0.05, 0) is 55.5 Å². The van der Waals surface area contributed by atoms with Crippen LogP contribution in [0.15, 0.2) is 112 Å². The van der Waals surface area contributed by atoms with Gasteiger partial charge in [0.25, 0.3) is 15.9 Å². The maximum Gasteiger partial charge on any atom is 0.261 e. The summed E-state index contributed by atoms with van der Waals surface area (Å²) in [5.74, 6) is -0.484. The molecular formula is C27H24N2O6S2. The highest BCUT2D eigenvalue weighted by molar-refractivity contribution is 7.93. The number of anilines is 2. The Labute approximate surface area is 215 Å². The summed E-state index contributed by atoms with van der Waals surface area (Å²) in [5.41, 5.74) is 0.602. The van der Waals surface area contributed by atoms with Gasteiger partial charge in [-0.25, -0.2) is 16.8 Å². The highest BCUT2D eigenvalue weighted by Gasteiger charge is 2.29. The van der Waals surface area contributed by atoms with Gasteiger partial charge < -0.3 is 10.1 Å². The molecule has 1 amide bonds. The van der Waals surface area contributed by atoms with Crippen molar-refractivity contribution in [3.63, 3.8) is 0 Å². The zero-order valence-corrected chi connectivity index (χ0v) is 21.6. The molecule has 0 aromatic heterocycles. The van der Waals surface area contributed by atoms with Crippen LogP contribution in [0.4, 0.5) is 11.4 Å². The number of carbonyl (C=O) groups is 1. The molecule has 4 aromatic rings. The number of benzene rings is 4. The number of aryl methyl sites for hydroxylation is 1. The number of carbonyl (C=O) groups excluding carboxylic acids is 1. The normalized spacial score (nSPS) is 11.5. The quantitative estimate of drug-likeness (QED) is 0.331. The molecular weight excluding hydrogens is 512 g/mol. The van der Waals surface area contributed by atoms with Crippen molar-refractivity contribution in [3.8, 4) is 5.75 Å². The van der Waals surface area contributed by atoms with E-state index < -0.39 is 25.8 Å². The molecule has 0 aliphatic rings. The monoisotopic (exact) mass is 536 g/mol. The molecule has 37 heavy (non-hydrogen) atoms. The molecule has 0 atom stereocenters.